The Kier molecular flexibility index (Phi) is 5.88. The van der Waals surface area contributed by atoms with Gasteiger partial charge >= 0.3 is 0 Å². The highest BCUT2D eigenvalue weighted by Crippen LogP contribution is 2.23. The highest BCUT2D eigenvalue weighted by Gasteiger charge is 2.01. The van der Waals surface area contributed by atoms with Crippen LogP contribution in [0, 0.1) is 0 Å². The van der Waals surface area contributed by atoms with E-state index in [0.717, 1.165) is 30.0 Å². The summed E-state index contributed by atoms with van der Waals surface area (Å²) in [7, 11) is 1.92. The Labute approximate surface area is 153 Å². The van der Waals surface area contributed by atoms with Gasteiger partial charge in [0, 0.05) is 31.5 Å². The van der Waals surface area contributed by atoms with Gasteiger partial charge in [-0.15, -0.1) is 0 Å². The third-order valence-electron chi connectivity index (χ3n) is 3.75. The largest absolute Gasteiger partial charge is 0.457 e. The highest BCUT2D eigenvalue weighted by atomic mass is 16.5. The standard InChI is InChI=1S/C20H23N5O/c1-25-15-16(14-23-25)7-6-12-22-20(21)24-17-8-5-11-19(13-17)26-18-9-3-2-4-10-18/h2-5,8-11,13-15H,6-7,12H2,1H3,(H3,21,22,24). The normalized spacial score (nSPS) is 11.3. The summed E-state index contributed by atoms with van der Waals surface area (Å²) in [4.78, 5) is 4.37. The molecule has 0 unspecified atom stereocenters. The Hall–Kier alpha value is -3.28. The zero-order valence-corrected chi connectivity index (χ0v) is 14.8. The molecule has 6 nitrogen and oxygen atoms in total. The van der Waals surface area contributed by atoms with Crippen LogP contribution in [0.4, 0.5) is 5.69 Å². The Balaban J connectivity index is 1.50. The fraction of sp³-hybridized carbons (Fsp3) is 0.200. The lowest BCUT2D eigenvalue weighted by molar-refractivity contribution is 0.483. The number of para-hydroxylation sites is 1. The van der Waals surface area contributed by atoms with Gasteiger partial charge in [0.1, 0.15) is 11.5 Å². The number of rotatable bonds is 7. The van der Waals surface area contributed by atoms with E-state index in [9.17, 15) is 0 Å². The lowest BCUT2D eigenvalue weighted by atomic mass is 10.2. The summed E-state index contributed by atoms with van der Waals surface area (Å²) in [5.74, 6) is 1.93. The number of nitrogens with zero attached hydrogens (tertiary/aromatic N) is 3. The van der Waals surface area contributed by atoms with Gasteiger partial charge in [0.15, 0.2) is 5.96 Å². The average molecular weight is 349 g/mol. The third-order valence-corrected chi connectivity index (χ3v) is 3.75. The van der Waals surface area contributed by atoms with Crippen molar-refractivity contribution in [3.05, 3.63) is 72.6 Å². The van der Waals surface area contributed by atoms with Gasteiger partial charge in [-0.1, -0.05) is 24.3 Å². The maximum atomic E-state index is 5.97. The van der Waals surface area contributed by atoms with Crippen LogP contribution in [0.1, 0.15) is 12.0 Å². The van der Waals surface area contributed by atoms with Gasteiger partial charge < -0.3 is 15.8 Å². The zero-order valence-electron chi connectivity index (χ0n) is 14.8. The van der Waals surface area contributed by atoms with Crippen LogP contribution >= 0.6 is 0 Å². The molecule has 134 valence electrons. The number of ether oxygens (including phenoxy) is 1. The van der Waals surface area contributed by atoms with E-state index in [1.54, 1.807) is 4.68 Å². The Morgan fingerprint density at radius 2 is 1.96 bits per heavy atom. The van der Waals surface area contributed by atoms with Crippen molar-refractivity contribution in [1.82, 2.24) is 9.78 Å². The minimum absolute atomic E-state index is 0.396. The lowest BCUT2D eigenvalue weighted by Gasteiger charge is -2.09. The number of guanidine groups is 1. The average Bonchev–Trinajstić information content (AvgIpc) is 3.05. The van der Waals surface area contributed by atoms with Crippen LogP contribution in [0.25, 0.3) is 0 Å². The Morgan fingerprint density at radius 1 is 1.15 bits per heavy atom. The quantitative estimate of drug-likeness (QED) is 0.388. The van der Waals surface area contributed by atoms with Gasteiger partial charge in [0.2, 0.25) is 0 Å². The van der Waals surface area contributed by atoms with Crippen LogP contribution in [-0.4, -0.2) is 22.3 Å². The molecule has 0 radical (unpaired) electrons. The summed E-state index contributed by atoms with van der Waals surface area (Å²) < 4.78 is 7.63. The molecular weight excluding hydrogens is 326 g/mol. The molecule has 0 fully saturated rings. The molecule has 0 atom stereocenters. The second kappa shape index (κ2) is 8.71. The molecule has 6 heteroatoms. The number of hydrogen-bond acceptors (Lipinski definition) is 3. The third kappa shape index (κ3) is 5.37. The summed E-state index contributed by atoms with van der Waals surface area (Å²) in [6.07, 6.45) is 5.75. The Morgan fingerprint density at radius 3 is 2.73 bits per heavy atom. The molecule has 0 saturated carbocycles. The predicted molar refractivity (Wildman–Crippen MR) is 105 cm³/mol. The highest BCUT2D eigenvalue weighted by molar-refractivity contribution is 5.92. The van der Waals surface area contributed by atoms with Crippen LogP contribution in [0.2, 0.25) is 0 Å². The lowest BCUT2D eigenvalue weighted by Crippen LogP contribution is -2.22. The molecule has 0 saturated heterocycles. The molecule has 0 spiro atoms. The van der Waals surface area contributed by atoms with E-state index >= 15 is 0 Å². The summed E-state index contributed by atoms with van der Waals surface area (Å²) >= 11 is 0. The van der Waals surface area contributed by atoms with E-state index in [2.05, 4.69) is 15.4 Å². The monoisotopic (exact) mass is 349 g/mol. The van der Waals surface area contributed by atoms with Crippen molar-refractivity contribution in [3.8, 4) is 11.5 Å². The SMILES string of the molecule is Cn1cc(CCCN=C(N)Nc2cccc(Oc3ccccc3)c2)cn1. The van der Waals surface area contributed by atoms with Crippen molar-refractivity contribution in [2.45, 2.75) is 12.8 Å². The smallest absolute Gasteiger partial charge is 0.193 e. The van der Waals surface area contributed by atoms with Crippen molar-refractivity contribution >= 4 is 11.6 Å². The van der Waals surface area contributed by atoms with Gasteiger partial charge in [-0.05, 0) is 42.7 Å². The van der Waals surface area contributed by atoms with Gasteiger partial charge in [0.25, 0.3) is 0 Å². The maximum Gasteiger partial charge on any atom is 0.193 e. The van der Waals surface area contributed by atoms with Crippen LogP contribution < -0.4 is 15.8 Å². The molecule has 0 aliphatic rings. The number of aromatic nitrogens is 2. The summed E-state index contributed by atoms with van der Waals surface area (Å²) in [6, 6.07) is 17.3. The van der Waals surface area contributed by atoms with E-state index in [1.807, 2.05) is 74.0 Å². The fourth-order valence-corrected chi connectivity index (χ4v) is 2.53. The minimum atomic E-state index is 0.396. The van der Waals surface area contributed by atoms with Gasteiger partial charge in [0.05, 0.1) is 6.20 Å². The molecule has 3 N–H and O–H groups in total. The summed E-state index contributed by atoms with van der Waals surface area (Å²) in [6.45, 7) is 0.661. The first-order chi connectivity index (χ1) is 12.7. The predicted octanol–water partition coefficient (Wildman–Crippen LogP) is 3.57. The van der Waals surface area contributed by atoms with E-state index in [4.69, 9.17) is 10.5 Å². The molecule has 1 heterocycles. The van der Waals surface area contributed by atoms with E-state index in [1.165, 1.54) is 5.56 Å². The van der Waals surface area contributed by atoms with Crippen LogP contribution in [-0.2, 0) is 13.5 Å². The van der Waals surface area contributed by atoms with Crippen molar-refractivity contribution in [3.63, 3.8) is 0 Å². The molecule has 0 bridgehead atoms. The molecule has 26 heavy (non-hydrogen) atoms. The number of hydrogen-bond donors (Lipinski definition) is 2. The van der Waals surface area contributed by atoms with E-state index in [0.29, 0.717) is 12.5 Å². The maximum absolute atomic E-state index is 5.97. The first kappa shape index (κ1) is 17.5. The molecular formula is C20H23N5O. The molecule has 3 rings (SSSR count). The van der Waals surface area contributed by atoms with Crippen LogP contribution in [0.3, 0.4) is 0 Å². The fourth-order valence-electron chi connectivity index (χ4n) is 2.53. The molecule has 0 aliphatic heterocycles. The van der Waals surface area contributed by atoms with Crippen LogP contribution in [0.5, 0.6) is 11.5 Å². The van der Waals surface area contributed by atoms with Gasteiger partial charge in [-0.3, -0.25) is 9.67 Å². The number of aryl methyl sites for hydroxylation is 2. The first-order valence-electron chi connectivity index (χ1n) is 8.56. The van der Waals surface area contributed by atoms with Crippen molar-refractivity contribution in [2.75, 3.05) is 11.9 Å². The van der Waals surface area contributed by atoms with Crippen molar-refractivity contribution < 1.29 is 4.74 Å². The molecule has 1 aromatic heterocycles. The number of benzene rings is 2. The van der Waals surface area contributed by atoms with Crippen molar-refractivity contribution in [2.24, 2.45) is 17.8 Å². The van der Waals surface area contributed by atoms with Gasteiger partial charge in [-0.25, -0.2) is 0 Å². The van der Waals surface area contributed by atoms with Crippen LogP contribution in [0.15, 0.2) is 72.0 Å². The minimum Gasteiger partial charge on any atom is -0.457 e. The Bertz CT molecular complexity index is 857. The molecule has 0 aliphatic carbocycles. The van der Waals surface area contributed by atoms with Gasteiger partial charge in [-0.2, -0.15) is 5.10 Å². The topological polar surface area (TPSA) is 77.5 Å². The number of nitrogens with one attached hydrogen (secondary N) is 1. The van der Waals surface area contributed by atoms with E-state index < -0.39 is 0 Å². The second-order valence-electron chi connectivity index (χ2n) is 5.96. The molecule has 2 aromatic carbocycles. The second-order valence-corrected chi connectivity index (χ2v) is 5.96. The first-order valence-corrected chi connectivity index (χ1v) is 8.56. The number of aliphatic imine (C=N–C) groups is 1. The van der Waals surface area contributed by atoms with Crippen molar-refractivity contribution in [1.29, 1.82) is 0 Å². The zero-order chi connectivity index (χ0) is 18.2. The number of anilines is 1. The summed E-state index contributed by atoms with van der Waals surface area (Å²) in [5.41, 5.74) is 8.02. The van der Waals surface area contributed by atoms with E-state index in [-0.39, 0.29) is 0 Å². The number of nitrogens with two attached hydrogens (primary N) is 1. The molecule has 3 aromatic rings. The molecule has 0 amide bonds. The summed E-state index contributed by atoms with van der Waals surface area (Å²) in [5, 5.41) is 7.26.